The average molecular weight is 198 g/mol. The summed E-state index contributed by atoms with van der Waals surface area (Å²) in [7, 11) is 0. The highest BCUT2D eigenvalue weighted by Crippen LogP contribution is 2.27. The van der Waals surface area contributed by atoms with Crippen molar-refractivity contribution in [3.8, 4) is 0 Å². The zero-order valence-electron chi connectivity index (χ0n) is 9.76. The maximum absolute atomic E-state index is 5.60. The summed E-state index contributed by atoms with van der Waals surface area (Å²) in [5.74, 6) is 1.01. The Balaban J connectivity index is 2.15. The van der Waals surface area contributed by atoms with Crippen LogP contribution in [-0.4, -0.2) is 18.6 Å². The molecule has 1 aliphatic rings. The smallest absolute Gasteiger partial charge is 0.0164 e. The lowest BCUT2D eigenvalue weighted by Gasteiger charge is -2.30. The molecular weight excluding hydrogens is 172 g/mol. The van der Waals surface area contributed by atoms with E-state index < -0.39 is 0 Å². The van der Waals surface area contributed by atoms with Crippen molar-refractivity contribution >= 4 is 0 Å². The molecule has 0 aromatic rings. The summed E-state index contributed by atoms with van der Waals surface area (Å²) in [6.45, 7) is 5.23. The fourth-order valence-corrected chi connectivity index (χ4v) is 2.50. The van der Waals surface area contributed by atoms with Crippen LogP contribution in [0.15, 0.2) is 0 Å². The second kappa shape index (κ2) is 6.41. The summed E-state index contributed by atoms with van der Waals surface area (Å²) in [5.41, 5.74) is 5.60. The number of rotatable bonds is 5. The van der Waals surface area contributed by atoms with Gasteiger partial charge in [0, 0.05) is 18.6 Å². The molecule has 1 unspecified atom stereocenters. The lowest BCUT2D eigenvalue weighted by molar-refractivity contribution is 0.267. The highest BCUT2D eigenvalue weighted by atomic mass is 15.0. The van der Waals surface area contributed by atoms with Crippen LogP contribution in [0, 0.1) is 5.92 Å². The summed E-state index contributed by atoms with van der Waals surface area (Å²) in [6, 6.07) is 1.23. The van der Waals surface area contributed by atoms with E-state index in [1.54, 1.807) is 0 Å². The van der Waals surface area contributed by atoms with Crippen LogP contribution in [0.1, 0.15) is 52.4 Å². The first-order chi connectivity index (χ1) is 6.76. The predicted molar refractivity (Wildman–Crippen MR) is 62.3 cm³/mol. The van der Waals surface area contributed by atoms with Gasteiger partial charge in [-0.15, -0.1) is 0 Å². The van der Waals surface area contributed by atoms with Crippen LogP contribution in [0.25, 0.3) is 0 Å². The molecule has 0 radical (unpaired) electrons. The van der Waals surface area contributed by atoms with Crippen LogP contribution in [0.5, 0.6) is 0 Å². The number of nitrogens with two attached hydrogens (primary N) is 1. The molecule has 2 nitrogen and oxygen atoms in total. The van der Waals surface area contributed by atoms with Gasteiger partial charge in [0.2, 0.25) is 0 Å². The molecule has 0 heterocycles. The standard InChI is InChI=1S/C12H26N2/c1-3-4-11-5-7-12(8-6-11)14-10(2)9-13/h10-12,14H,3-9,13H2,1-2H3. The molecule has 0 aromatic carbocycles. The van der Waals surface area contributed by atoms with Gasteiger partial charge in [-0.3, -0.25) is 0 Å². The van der Waals surface area contributed by atoms with Gasteiger partial charge in [0.1, 0.15) is 0 Å². The molecule has 0 saturated heterocycles. The molecular formula is C12H26N2. The SMILES string of the molecule is CCCC1CCC(NC(C)CN)CC1. The Morgan fingerprint density at radius 1 is 1.29 bits per heavy atom. The fraction of sp³-hybridized carbons (Fsp3) is 1.00. The minimum atomic E-state index is 0.489. The first-order valence-electron chi connectivity index (χ1n) is 6.22. The van der Waals surface area contributed by atoms with Gasteiger partial charge >= 0.3 is 0 Å². The molecule has 1 rings (SSSR count). The highest BCUT2D eigenvalue weighted by molar-refractivity contribution is 4.79. The molecule has 1 fully saturated rings. The van der Waals surface area contributed by atoms with Gasteiger partial charge < -0.3 is 11.1 Å². The third-order valence-corrected chi connectivity index (χ3v) is 3.42. The maximum atomic E-state index is 5.60. The van der Waals surface area contributed by atoms with E-state index in [9.17, 15) is 0 Å². The predicted octanol–water partition coefficient (Wildman–Crippen LogP) is 2.28. The first kappa shape index (κ1) is 12.0. The van der Waals surface area contributed by atoms with Crippen molar-refractivity contribution < 1.29 is 0 Å². The van der Waals surface area contributed by atoms with E-state index in [1.807, 2.05) is 0 Å². The third-order valence-electron chi connectivity index (χ3n) is 3.42. The van der Waals surface area contributed by atoms with Crippen LogP contribution in [0.2, 0.25) is 0 Å². The Labute approximate surface area is 88.6 Å². The minimum Gasteiger partial charge on any atom is -0.329 e. The van der Waals surface area contributed by atoms with Crippen molar-refractivity contribution in [2.24, 2.45) is 11.7 Å². The van der Waals surface area contributed by atoms with Crippen molar-refractivity contribution in [3.63, 3.8) is 0 Å². The second-order valence-corrected chi connectivity index (χ2v) is 4.81. The van der Waals surface area contributed by atoms with Gasteiger partial charge in [0.15, 0.2) is 0 Å². The molecule has 0 bridgehead atoms. The van der Waals surface area contributed by atoms with E-state index in [1.165, 1.54) is 38.5 Å². The first-order valence-corrected chi connectivity index (χ1v) is 6.22. The Kier molecular flexibility index (Phi) is 5.49. The van der Waals surface area contributed by atoms with Crippen molar-refractivity contribution in [1.82, 2.24) is 5.32 Å². The van der Waals surface area contributed by atoms with E-state index >= 15 is 0 Å². The van der Waals surface area contributed by atoms with Gasteiger partial charge in [0.05, 0.1) is 0 Å². The van der Waals surface area contributed by atoms with Crippen LogP contribution < -0.4 is 11.1 Å². The van der Waals surface area contributed by atoms with Gasteiger partial charge in [0.25, 0.3) is 0 Å². The molecule has 0 aliphatic heterocycles. The Morgan fingerprint density at radius 3 is 2.43 bits per heavy atom. The van der Waals surface area contributed by atoms with E-state index in [2.05, 4.69) is 19.2 Å². The molecule has 14 heavy (non-hydrogen) atoms. The summed E-state index contributed by atoms with van der Waals surface area (Å²) in [4.78, 5) is 0. The summed E-state index contributed by atoms with van der Waals surface area (Å²) < 4.78 is 0. The van der Waals surface area contributed by atoms with Gasteiger partial charge in [-0.25, -0.2) is 0 Å². The van der Waals surface area contributed by atoms with Gasteiger partial charge in [-0.2, -0.15) is 0 Å². The summed E-state index contributed by atoms with van der Waals surface area (Å²) >= 11 is 0. The Morgan fingerprint density at radius 2 is 1.93 bits per heavy atom. The molecule has 0 spiro atoms. The van der Waals surface area contributed by atoms with Crippen LogP contribution in [0.4, 0.5) is 0 Å². The van der Waals surface area contributed by atoms with Crippen molar-refractivity contribution in [2.45, 2.75) is 64.5 Å². The normalized spacial score (nSPS) is 30.2. The highest BCUT2D eigenvalue weighted by Gasteiger charge is 2.20. The quantitative estimate of drug-likeness (QED) is 0.711. The molecule has 0 amide bonds. The van der Waals surface area contributed by atoms with E-state index in [4.69, 9.17) is 5.73 Å². The molecule has 84 valence electrons. The van der Waals surface area contributed by atoms with E-state index in [0.29, 0.717) is 6.04 Å². The Hall–Kier alpha value is -0.0800. The van der Waals surface area contributed by atoms with Crippen LogP contribution >= 0.6 is 0 Å². The number of hydrogen-bond acceptors (Lipinski definition) is 2. The fourth-order valence-electron chi connectivity index (χ4n) is 2.50. The minimum absolute atomic E-state index is 0.489. The molecule has 0 aromatic heterocycles. The number of nitrogens with one attached hydrogen (secondary N) is 1. The average Bonchev–Trinajstić information content (AvgIpc) is 2.21. The summed E-state index contributed by atoms with van der Waals surface area (Å²) in [6.07, 6.45) is 8.33. The van der Waals surface area contributed by atoms with Gasteiger partial charge in [-0.05, 0) is 38.5 Å². The van der Waals surface area contributed by atoms with Crippen LogP contribution in [0.3, 0.4) is 0 Å². The lowest BCUT2D eigenvalue weighted by Crippen LogP contribution is -2.42. The Bertz CT molecular complexity index is 139. The molecule has 2 heteroatoms. The maximum Gasteiger partial charge on any atom is 0.0164 e. The van der Waals surface area contributed by atoms with E-state index in [-0.39, 0.29) is 0 Å². The zero-order chi connectivity index (χ0) is 10.4. The van der Waals surface area contributed by atoms with E-state index in [0.717, 1.165) is 18.5 Å². The van der Waals surface area contributed by atoms with Crippen molar-refractivity contribution in [1.29, 1.82) is 0 Å². The molecule has 1 saturated carbocycles. The lowest BCUT2D eigenvalue weighted by atomic mass is 9.83. The zero-order valence-corrected chi connectivity index (χ0v) is 9.76. The summed E-state index contributed by atoms with van der Waals surface area (Å²) in [5, 5.41) is 3.61. The molecule has 1 aliphatic carbocycles. The van der Waals surface area contributed by atoms with Crippen molar-refractivity contribution in [3.05, 3.63) is 0 Å². The largest absolute Gasteiger partial charge is 0.329 e. The van der Waals surface area contributed by atoms with Crippen molar-refractivity contribution in [2.75, 3.05) is 6.54 Å². The second-order valence-electron chi connectivity index (χ2n) is 4.81. The topological polar surface area (TPSA) is 38.0 Å². The van der Waals surface area contributed by atoms with Crippen LogP contribution in [-0.2, 0) is 0 Å². The molecule has 1 atom stereocenters. The molecule has 3 N–H and O–H groups in total. The monoisotopic (exact) mass is 198 g/mol. The third kappa shape index (κ3) is 3.97. The number of hydrogen-bond donors (Lipinski definition) is 2. The van der Waals surface area contributed by atoms with Gasteiger partial charge in [-0.1, -0.05) is 19.8 Å².